The molecule has 1 amide bonds. The third-order valence-electron chi connectivity index (χ3n) is 5.36. The molecule has 1 saturated heterocycles. The minimum atomic E-state index is -3.85. The minimum Gasteiger partial charge on any atom is -0.371 e. The molecular weight excluding hydrogens is 459 g/mol. The van der Waals surface area contributed by atoms with Crippen molar-refractivity contribution < 1.29 is 13.2 Å². The molecule has 168 valence electrons. The molecule has 0 unspecified atom stereocenters. The van der Waals surface area contributed by atoms with Gasteiger partial charge in [0.2, 0.25) is 15.9 Å². The van der Waals surface area contributed by atoms with Crippen molar-refractivity contribution in [3.8, 4) is 0 Å². The van der Waals surface area contributed by atoms with E-state index in [1.54, 1.807) is 25.4 Å². The molecule has 0 bridgehead atoms. The smallest absolute Gasteiger partial charge is 0.244 e. The summed E-state index contributed by atoms with van der Waals surface area (Å²) in [4.78, 5) is 18.7. The van der Waals surface area contributed by atoms with Gasteiger partial charge in [-0.05, 0) is 37.1 Å². The molecule has 31 heavy (non-hydrogen) atoms. The Morgan fingerprint density at radius 3 is 2.52 bits per heavy atom. The third kappa shape index (κ3) is 5.88. The Morgan fingerprint density at radius 2 is 1.87 bits per heavy atom. The number of hydrogen-bond donors (Lipinski definition) is 1. The normalized spacial score (nSPS) is 15.3. The van der Waals surface area contributed by atoms with E-state index in [1.165, 1.54) is 16.4 Å². The fourth-order valence-corrected chi connectivity index (χ4v) is 5.82. The van der Waals surface area contributed by atoms with E-state index in [4.69, 9.17) is 23.2 Å². The van der Waals surface area contributed by atoms with Crippen LogP contribution in [-0.2, 0) is 14.8 Å². The number of carbonyl (C=O) groups excluding carboxylic acids is 1. The number of aromatic nitrogens is 1. The van der Waals surface area contributed by atoms with E-state index < -0.39 is 10.0 Å². The highest BCUT2D eigenvalue weighted by atomic mass is 35.5. The number of benzene rings is 1. The number of nitrogens with zero attached hydrogens (tertiary/aromatic N) is 3. The zero-order valence-electron chi connectivity index (χ0n) is 17.3. The zero-order valence-corrected chi connectivity index (χ0v) is 19.6. The van der Waals surface area contributed by atoms with Gasteiger partial charge in [0.1, 0.15) is 4.90 Å². The second kappa shape index (κ2) is 10.6. The van der Waals surface area contributed by atoms with Crippen molar-refractivity contribution in [2.75, 3.05) is 31.1 Å². The van der Waals surface area contributed by atoms with Gasteiger partial charge in [-0.2, -0.15) is 4.31 Å². The molecule has 7 nitrogen and oxygen atoms in total. The molecule has 0 aliphatic carbocycles. The van der Waals surface area contributed by atoms with E-state index in [0.29, 0.717) is 0 Å². The van der Waals surface area contributed by atoms with Crippen molar-refractivity contribution in [3.05, 3.63) is 52.8 Å². The van der Waals surface area contributed by atoms with Gasteiger partial charge in [0.25, 0.3) is 0 Å². The number of anilines is 1. The SMILES string of the molecule is CCN(CCC(=O)NC1CCN(c2ccncc2)CC1)S(=O)(=O)c1cccc(Cl)c1Cl. The molecule has 1 aromatic heterocycles. The van der Waals surface area contributed by atoms with Crippen LogP contribution in [0.15, 0.2) is 47.6 Å². The number of sulfonamides is 1. The van der Waals surface area contributed by atoms with Crippen LogP contribution in [0.3, 0.4) is 0 Å². The highest BCUT2D eigenvalue weighted by Crippen LogP contribution is 2.31. The molecule has 1 fully saturated rings. The molecule has 1 aliphatic rings. The molecule has 1 aromatic carbocycles. The molecule has 1 N–H and O–H groups in total. The number of hydrogen-bond acceptors (Lipinski definition) is 5. The number of amides is 1. The van der Waals surface area contributed by atoms with Crippen molar-refractivity contribution in [3.63, 3.8) is 0 Å². The predicted molar refractivity (Wildman–Crippen MR) is 123 cm³/mol. The summed E-state index contributed by atoms with van der Waals surface area (Å²) in [6, 6.07) is 8.53. The number of piperidine rings is 1. The third-order valence-corrected chi connectivity index (χ3v) is 8.31. The zero-order chi connectivity index (χ0) is 22.4. The van der Waals surface area contributed by atoms with Gasteiger partial charge in [0, 0.05) is 56.7 Å². The Hall–Kier alpha value is -1.87. The Bertz CT molecular complexity index is 997. The van der Waals surface area contributed by atoms with Gasteiger partial charge in [-0.3, -0.25) is 9.78 Å². The van der Waals surface area contributed by atoms with Crippen LogP contribution in [0.25, 0.3) is 0 Å². The summed E-state index contributed by atoms with van der Waals surface area (Å²) < 4.78 is 27.1. The van der Waals surface area contributed by atoms with Crippen LogP contribution < -0.4 is 10.2 Å². The first kappa shape index (κ1) is 23.8. The maximum atomic E-state index is 13.0. The first-order valence-corrected chi connectivity index (χ1v) is 12.4. The van der Waals surface area contributed by atoms with Crippen LogP contribution in [-0.4, -0.2) is 55.8 Å². The fourth-order valence-electron chi connectivity index (χ4n) is 3.63. The molecule has 1 aliphatic heterocycles. The lowest BCUT2D eigenvalue weighted by molar-refractivity contribution is -0.122. The molecule has 3 rings (SSSR count). The van der Waals surface area contributed by atoms with Crippen LogP contribution in [0.2, 0.25) is 10.0 Å². The van der Waals surface area contributed by atoms with Crippen molar-refractivity contribution in [2.45, 2.75) is 37.1 Å². The summed E-state index contributed by atoms with van der Waals surface area (Å²) in [5, 5.41) is 3.20. The average molecular weight is 485 g/mol. The number of carbonyl (C=O) groups is 1. The van der Waals surface area contributed by atoms with Crippen LogP contribution in [0.4, 0.5) is 5.69 Å². The number of nitrogens with one attached hydrogen (secondary N) is 1. The lowest BCUT2D eigenvalue weighted by Gasteiger charge is -2.34. The van der Waals surface area contributed by atoms with Crippen molar-refractivity contribution in [2.24, 2.45) is 0 Å². The Labute approximate surface area is 193 Å². The second-order valence-corrected chi connectivity index (χ2v) is 10.0. The van der Waals surface area contributed by atoms with Gasteiger partial charge < -0.3 is 10.2 Å². The van der Waals surface area contributed by atoms with Crippen molar-refractivity contribution in [1.29, 1.82) is 0 Å². The summed E-state index contributed by atoms with van der Waals surface area (Å²) >= 11 is 12.1. The standard InChI is InChI=1S/C21H26Cl2N4O3S/c1-2-27(31(29,30)19-5-3-4-18(22)21(19)23)15-10-20(28)25-16-8-13-26(14-9-16)17-6-11-24-12-7-17/h3-7,11-12,16H,2,8-10,13-15H2,1H3,(H,25,28). The van der Waals surface area contributed by atoms with Crippen LogP contribution in [0.1, 0.15) is 26.2 Å². The van der Waals surface area contributed by atoms with Crippen LogP contribution >= 0.6 is 23.2 Å². The maximum absolute atomic E-state index is 13.0. The highest BCUT2D eigenvalue weighted by molar-refractivity contribution is 7.89. The summed E-state index contributed by atoms with van der Waals surface area (Å²) in [5.74, 6) is -0.159. The fraction of sp³-hybridized carbons (Fsp3) is 0.429. The Balaban J connectivity index is 1.52. The van der Waals surface area contributed by atoms with Gasteiger partial charge in [-0.25, -0.2) is 8.42 Å². The van der Waals surface area contributed by atoms with Crippen LogP contribution in [0, 0.1) is 0 Å². The van der Waals surface area contributed by atoms with Crippen molar-refractivity contribution in [1.82, 2.24) is 14.6 Å². The molecule has 0 saturated carbocycles. The van der Waals surface area contributed by atoms with Crippen molar-refractivity contribution >= 4 is 44.8 Å². The second-order valence-electron chi connectivity index (χ2n) is 7.33. The summed E-state index contributed by atoms with van der Waals surface area (Å²) in [6.45, 7) is 3.71. The predicted octanol–water partition coefficient (Wildman–Crippen LogP) is 3.57. The first-order chi connectivity index (χ1) is 14.8. The average Bonchev–Trinajstić information content (AvgIpc) is 2.77. The molecule has 0 radical (unpaired) electrons. The minimum absolute atomic E-state index is 0.00646. The maximum Gasteiger partial charge on any atom is 0.244 e. The van der Waals surface area contributed by atoms with E-state index in [1.807, 2.05) is 12.1 Å². The summed E-state index contributed by atoms with van der Waals surface area (Å²) in [6.07, 6.45) is 5.29. The van der Waals surface area contributed by atoms with Gasteiger partial charge in [-0.15, -0.1) is 0 Å². The largest absolute Gasteiger partial charge is 0.371 e. The molecule has 2 aromatic rings. The first-order valence-electron chi connectivity index (χ1n) is 10.2. The van der Waals surface area contributed by atoms with E-state index in [9.17, 15) is 13.2 Å². The quantitative estimate of drug-likeness (QED) is 0.618. The topological polar surface area (TPSA) is 82.6 Å². The summed E-state index contributed by atoms with van der Waals surface area (Å²) in [7, 11) is -3.85. The molecule has 0 spiro atoms. The number of halogens is 2. The van der Waals surface area contributed by atoms with Crippen LogP contribution in [0.5, 0.6) is 0 Å². The number of pyridine rings is 1. The van der Waals surface area contributed by atoms with E-state index in [2.05, 4.69) is 15.2 Å². The molecule has 0 atom stereocenters. The van der Waals surface area contributed by atoms with E-state index >= 15 is 0 Å². The van der Waals surface area contributed by atoms with E-state index in [0.717, 1.165) is 31.6 Å². The summed E-state index contributed by atoms with van der Waals surface area (Å²) in [5.41, 5.74) is 1.13. The lowest BCUT2D eigenvalue weighted by atomic mass is 10.0. The van der Waals surface area contributed by atoms with Gasteiger partial charge in [0.15, 0.2) is 0 Å². The Morgan fingerprint density at radius 1 is 1.19 bits per heavy atom. The molecule has 10 heteroatoms. The lowest BCUT2D eigenvalue weighted by Crippen LogP contribution is -2.45. The highest BCUT2D eigenvalue weighted by Gasteiger charge is 2.27. The Kier molecular flexibility index (Phi) is 8.16. The molecule has 2 heterocycles. The molecular formula is C21H26Cl2N4O3S. The van der Waals surface area contributed by atoms with Gasteiger partial charge in [-0.1, -0.05) is 36.2 Å². The van der Waals surface area contributed by atoms with Gasteiger partial charge in [0.05, 0.1) is 10.0 Å². The van der Waals surface area contributed by atoms with Gasteiger partial charge >= 0.3 is 0 Å². The number of rotatable bonds is 8. The van der Waals surface area contributed by atoms with E-state index in [-0.39, 0.29) is 46.4 Å². The monoisotopic (exact) mass is 484 g/mol.